The maximum atomic E-state index is 11.7. The zero-order valence-corrected chi connectivity index (χ0v) is 9.80. The van der Waals surface area contributed by atoms with E-state index in [2.05, 4.69) is 0 Å². The molecule has 0 aliphatic rings. The average Bonchev–Trinajstić information content (AvgIpc) is 2.21. The lowest BCUT2D eigenvalue weighted by Gasteiger charge is -2.21. The number of aryl methyl sites for hydroxylation is 1. The van der Waals surface area contributed by atoms with Gasteiger partial charge in [0, 0.05) is 12.3 Å². The molecule has 0 saturated heterocycles. The van der Waals surface area contributed by atoms with E-state index >= 15 is 0 Å². The SMILES string of the molecule is CCC(C)C(C(=O)O)n1ccc(C)cc1=O. The summed E-state index contributed by atoms with van der Waals surface area (Å²) in [6.45, 7) is 5.57. The predicted octanol–water partition coefficient (Wildman–Crippen LogP) is 1.83. The fourth-order valence-corrected chi connectivity index (χ4v) is 1.68. The Morgan fingerprint density at radius 3 is 2.62 bits per heavy atom. The summed E-state index contributed by atoms with van der Waals surface area (Å²) in [6, 6.07) is 2.43. The first-order valence-corrected chi connectivity index (χ1v) is 5.39. The Bertz CT molecular complexity index is 436. The summed E-state index contributed by atoms with van der Waals surface area (Å²) in [5.41, 5.74) is 0.585. The van der Waals surface area contributed by atoms with Crippen molar-refractivity contribution in [2.45, 2.75) is 33.2 Å². The quantitative estimate of drug-likeness (QED) is 0.847. The van der Waals surface area contributed by atoms with Crippen LogP contribution in [0.2, 0.25) is 0 Å². The van der Waals surface area contributed by atoms with E-state index in [9.17, 15) is 9.59 Å². The molecule has 0 aliphatic heterocycles. The molecule has 0 spiro atoms. The van der Waals surface area contributed by atoms with Gasteiger partial charge in [-0.25, -0.2) is 4.79 Å². The van der Waals surface area contributed by atoms with Crippen molar-refractivity contribution in [2.24, 2.45) is 5.92 Å². The maximum absolute atomic E-state index is 11.7. The number of carbonyl (C=O) groups is 1. The van der Waals surface area contributed by atoms with Gasteiger partial charge in [-0.05, 0) is 24.5 Å². The van der Waals surface area contributed by atoms with Crippen LogP contribution in [0.15, 0.2) is 23.1 Å². The topological polar surface area (TPSA) is 59.3 Å². The largest absolute Gasteiger partial charge is 0.480 e. The van der Waals surface area contributed by atoms with Gasteiger partial charge in [0.25, 0.3) is 5.56 Å². The van der Waals surface area contributed by atoms with Crippen molar-refractivity contribution in [1.82, 2.24) is 4.57 Å². The van der Waals surface area contributed by atoms with Gasteiger partial charge < -0.3 is 9.67 Å². The monoisotopic (exact) mass is 223 g/mol. The predicted molar refractivity (Wildman–Crippen MR) is 61.6 cm³/mol. The van der Waals surface area contributed by atoms with Crippen LogP contribution < -0.4 is 5.56 Å². The Hall–Kier alpha value is -1.58. The first-order valence-electron chi connectivity index (χ1n) is 5.39. The maximum Gasteiger partial charge on any atom is 0.327 e. The molecule has 1 aromatic heterocycles. The molecule has 0 aliphatic carbocycles. The number of carboxylic acid groups (broad SMARTS) is 1. The Kier molecular flexibility index (Phi) is 3.88. The van der Waals surface area contributed by atoms with Crippen LogP contribution in [-0.4, -0.2) is 15.6 Å². The number of hydrogen-bond acceptors (Lipinski definition) is 2. The molecule has 16 heavy (non-hydrogen) atoms. The number of pyridine rings is 1. The summed E-state index contributed by atoms with van der Waals surface area (Å²) in [7, 11) is 0. The minimum atomic E-state index is -0.958. The molecular weight excluding hydrogens is 206 g/mol. The van der Waals surface area contributed by atoms with Crippen LogP contribution >= 0.6 is 0 Å². The Labute approximate surface area is 94.5 Å². The van der Waals surface area contributed by atoms with Gasteiger partial charge in [0.1, 0.15) is 6.04 Å². The molecule has 4 nitrogen and oxygen atoms in total. The van der Waals surface area contributed by atoms with E-state index < -0.39 is 12.0 Å². The third kappa shape index (κ3) is 2.51. The van der Waals surface area contributed by atoms with E-state index in [4.69, 9.17) is 5.11 Å². The van der Waals surface area contributed by atoms with Crippen molar-refractivity contribution in [2.75, 3.05) is 0 Å². The first-order chi connectivity index (χ1) is 7.47. The van der Waals surface area contributed by atoms with Crippen molar-refractivity contribution < 1.29 is 9.90 Å². The number of nitrogens with zero attached hydrogens (tertiary/aromatic N) is 1. The van der Waals surface area contributed by atoms with Crippen molar-refractivity contribution in [1.29, 1.82) is 0 Å². The van der Waals surface area contributed by atoms with Crippen molar-refractivity contribution in [3.63, 3.8) is 0 Å². The van der Waals surface area contributed by atoms with E-state index in [-0.39, 0.29) is 11.5 Å². The summed E-state index contributed by atoms with van der Waals surface area (Å²) in [5.74, 6) is -1.03. The lowest BCUT2D eigenvalue weighted by molar-refractivity contribution is -0.142. The second-order valence-corrected chi connectivity index (χ2v) is 4.12. The van der Waals surface area contributed by atoms with Crippen molar-refractivity contribution in [3.05, 3.63) is 34.2 Å². The van der Waals surface area contributed by atoms with Gasteiger partial charge in [0.05, 0.1) is 0 Å². The van der Waals surface area contributed by atoms with Crippen LogP contribution in [-0.2, 0) is 4.79 Å². The van der Waals surface area contributed by atoms with E-state index in [1.807, 2.05) is 20.8 Å². The molecule has 1 rings (SSSR count). The molecule has 2 unspecified atom stereocenters. The number of carboxylic acids is 1. The van der Waals surface area contributed by atoms with E-state index in [1.54, 1.807) is 12.3 Å². The lowest BCUT2D eigenvalue weighted by atomic mass is 9.99. The number of hydrogen-bond donors (Lipinski definition) is 1. The van der Waals surface area contributed by atoms with Gasteiger partial charge in [-0.15, -0.1) is 0 Å². The molecule has 0 fully saturated rings. The normalized spacial score (nSPS) is 14.4. The number of aromatic nitrogens is 1. The Balaban J connectivity index is 3.21. The highest BCUT2D eigenvalue weighted by Crippen LogP contribution is 2.19. The molecule has 0 bridgehead atoms. The fraction of sp³-hybridized carbons (Fsp3) is 0.500. The number of aliphatic carboxylic acids is 1. The highest BCUT2D eigenvalue weighted by Gasteiger charge is 2.25. The molecule has 1 heterocycles. The summed E-state index contributed by atoms with van der Waals surface area (Å²) >= 11 is 0. The van der Waals surface area contributed by atoms with E-state index in [0.29, 0.717) is 0 Å². The molecule has 4 heteroatoms. The van der Waals surface area contributed by atoms with Crippen LogP contribution in [0.3, 0.4) is 0 Å². The summed E-state index contributed by atoms with van der Waals surface area (Å²) in [4.78, 5) is 22.9. The standard InChI is InChI=1S/C12H17NO3/c1-4-9(3)11(12(15)16)13-6-5-8(2)7-10(13)14/h5-7,9,11H,4H2,1-3H3,(H,15,16). The molecule has 88 valence electrons. The third-order valence-electron chi connectivity index (χ3n) is 2.84. The molecule has 1 aromatic rings. The molecule has 0 aromatic carbocycles. The Morgan fingerprint density at radius 1 is 1.56 bits per heavy atom. The molecule has 0 saturated carbocycles. The third-order valence-corrected chi connectivity index (χ3v) is 2.84. The average molecular weight is 223 g/mol. The highest BCUT2D eigenvalue weighted by molar-refractivity contribution is 5.72. The number of rotatable bonds is 4. The van der Waals surface area contributed by atoms with Crippen LogP contribution in [0.25, 0.3) is 0 Å². The van der Waals surface area contributed by atoms with Crippen LogP contribution in [0.4, 0.5) is 0 Å². The molecule has 0 radical (unpaired) electrons. The van der Waals surface area contributed by atoms with Gasteiger partial charge in [0.2, 0.25) is 0 Å². The minimum Gasteiger partial charge on any atom is -0.480 e. The van der Waals surface area contributed by atoms with E-state index in [0.717, 1.165) is 12.0 Å². The van der Waals surface area contributed by atoms with Crippen LogP contribution in [0.5, 0.6) is 0 Å². The molecular formula is C12H17NO3. The summed E-state index contributed by atoms with van der Waals surface area (Å²) in [6.07, 6.45) is 2.28. The second-order valence-electron chi connectivity index (χ2n) is 4.12. The fourth-order valence-electron chi connectivity index (χ4n) is 1.68. The highest BCUT2D eigenvalue weighted by atomic mass is 16.4. The zero-order chi connectivity index (χ0) is 12.3. The minimum absolute atomic E-state index is 0.0714. The van der Waals surface area contributed by atoms with Gasteiger partial charge in [0.15, 0.2) is 0 Å². The van der Waals surface area contributed by atoms with Crippen LogP contribution in [0, 0.1) is 12.8 Å². The summed E-state index contributed by atoms with van der Waals surface area (Å²) in [5, 5.41) is 9.16. The van der Waals surface area contributed by atoms with Gasteiger partial charge in [-0.1, -0.05) is 20.3 Å². The van der Waals surface area contributed by atoms with E-state index in [1.165, 1.54) is 10.6 Å². The summed E-state index contributed by atoms with van der Waals surface area (Å²) < 4.78 is 1.30. The molecule has 1 N–H and O–H groups in total. The molecule has 0 amide bonds. The van der Waals surface area contributed by atoms with Gasteiger partial charge in [-0.3, -0.25) is 4.79 Å². The van der Waals surface area contributed by atoms with Gasteiger partial charge in [-0.2, -0.15) is 0 Å². The smallest absolute Gasteiger partial charge is 0.327 e. The Morgan fingerprint density at radius 2 is 2.19 bits per heavy atom. The zero-order valence-electron chi connectivity index (χ0n) is 9.80. The first kappa shape index (κ1) is 12.5. The molecule has 2 atom stereocenters. The second kappa shape index (κ2) is 4.96. The lowest BCUT2D eigenvalue weighted by Crippen LogP contribution is -2.33. The van der Waals surface area contributed by atoms with Gasteiger partial charge >= 0.3 is 5.97 Å². The van der Waals surface area contributed by atoms with Crippen molar-refractivity contribution in [3.8, 4) is 0 Å². The van der Waals surface area contributed by atoms with Crippen molar-refractivity contribution >= 4 is 5.97 Å². The van der Waals surface area contributed by atoms with Crippen LogP contribution in [0.1, 0.15) is 31.9 Å².